The molecule has 6 heteroatoms. The van der Waals surface area contributed by atoms with Crippen molar-refractivity contribution in [3.05, 3.63) is 28.8 Å². The Bertz CT molecular complexity index is 567. The summed E-state index contributed by atoms with van der Waals surface area (Å²) in [6, 6.07) is 3.38. The standard InChI is InChI=1S/C10H11N3O2S/c11-7-3-6-8(12-5-13-10(6)15)4-9(7)16-2-1-14/h3-5,14H,1-2,11H2,(H,12,13,15). The van der Waals surface area contributed by atoms with Gasteiger partial charge in [0.05, 0.1) is 23.8 Å². The Morgan fingerprint density at radius 1 is 1.50 bits per heavy atom. The van der Waals surface area contributed by atoms with Crippen LogP contribution >= 0.6 is 11.8 Å². The molecule has 0 atom stereocenters. The smallest absolute Gasteiger partial charge is 0.258 e. The van der Waals surface area contributed by atoms with E-state index in [2.05, 4.69) is 9.97 Å². The number of nitrogens with one attached hydrogen (secondary N) is 1. The van der Waals surface area contributed by atoms with Gasteiger partial charge in [0, 0.05) is 16.3 Å². The normalized spacial score (nSPS) is 10.8. The van der Waals surface area contributed by atoms with E-state index in [1.807, 2.05) is 0 Å². The Hall–Kier alpha value is -1.53. The van der Waals surface area contributed by atoms with Crippen LogP contribution in [-0.2, 0) is 0 Å². The summed E-state index contributed by atoms with van der Waals surface area (Å²) in [7, 11) is 0. The summed E-state index contributed by atoms with van der Waals surface area (Å²) in [6.45, 7) is 0.0882. The molecule has 0 aliphatic carbocycles. The summed E-state index contributed by atoms with van der Waals surface area (Å²) in [5.41, 5.74) is 6.76. The Morgan fingerprint density at radius 3 is 3.06 bits per heavy atom. The van der Waals surface area contributed by atoms with Gasteiger partial charge >= 0.3 is 0 Å². The van der Waals surface area contributed by atoms with Gasteiger partial charge in [-0.1, -0.05) is 0 Å². The number of nitrogens with zero attached hydrogens (tertiary/aromatic N) is 1. The zero-order valence-corrected chi connectivity index (χ0v) is 9.25. The molecule has 0 spiro atoms. The molecule has 4 N–H and O–H groups in total. The highest BCUT2D eigenvalue weighted by Crippen LogP contribution is 2.27. The van der Waals surface area contributed by atoms with Gasteiger partial charge in [-0.15, -0.1) is 11.8 Å². The Kier molecular flexibility index (Phi) is 3.12. The highest BCUT2D eigenvalue weighted by molar-refractivity contribution is 7.99. The average molecular weight is 237 g/mol. The fourth-order valence-electron chi connectivity index (χ4n) is 1.39. The van der Waals surface area contributed by atoms with Crippen molar-refractivity contribution in [2.45, 2.75) is 4.90 Å². The molecule has 0 aliphatic rings. The highest BCUT2D eigenvalue weighted by Gasteiger charge is 2.05. The number of hydrogen-bond acceptors (Lipinski definition) is 5. The second-order valence-corrected chi connectivity index (χ2v) is 4.35. The zero-order valence-electron chi connectivity index (χ0n) is 8.43. The summed E-state index contributed by atoms with van der Waals surface area (Å²) in [5, 5.41) is 9.22. The monoisotopic (exact) mass is 237 g/mol. The molecule has 1 heterocycles. The molecule has 0 unspecified atom stereocenters. The first-order valence-corrected chi connectivity index (χ1v) is 5.71. The van der Waals surface area contributed by atoms with E-state index in [0.29, 0.717) is 22.3 Å². The molecule has 0 radical (unpaired) electrons. The van der Waals surface area contributed by atoms with Gasteiger partial charge in [0.2, 0.25) is 0 Å². The number of aliphatic hydroxyl groups is 1. The van der Waals surface area contributed by atoms with Gasteiger partial charge in [-0.25, -0.2) is 4.98 Å². The number of thioether (sulfide) groups is 1. The van der Waals surface area contributed by atoms with Gasteiger partial charge in [-0.05, 0) is 12.1 Å². The van der Waals surface area contributed by atoms with Crippen LogP contribution in [0.4, 0.5) is 5.69 Å². The molecule has 0 bridgehead atoms. The minimum Gasteiger partial charge on any atom is -0.398 e. The third-order valence-corrected chi connectivity index (χ3v) is 3.17. The first-order chi connectivity index (χ1) is 7.72. The Balaban J connectivity index is 2.54. The number of aliphatic hydroxyl groups excluding tert-OH is 1. The quantitative estimate of drug-likeness (QED) is 0.536. The number of nitrogens with two attached hydrogens (primary N) is 1. The molecule has 5 nitrogen and oxygen atoms in total. The van der Waals surface area contributed by atoms with Crippen molar-refractivity contribution in [1.82, 2.24) is 9.97 Å². The van der Waals surface area contributed by atoms with Crippen LogP contribution in [0, 0.1) is 0 Å². The van der Waals surface area contributed by atoms with Crippen molar-refractivity contribution >= 4 is 28.4 Å². The molecule has 0 aliphatic heterocycles. The molecule has 2 rings (SSSR count). The van der Waals surface area contributed by atoms with Crippen LogP contribution in [0.15, 0.2) is 28.2 Å². The number of aromatic amines is 1. The maximum atomic E-state index is 11.5. The predicted molar refractivity (Wildman–Crippen MR) is 64.6 cm³/mol. The molecule has 0 saturated carbocycles. The zero-order chi connectivity index (χ0) is 11.5. The number of H-pyrrole nitrogens is 1. The molecular weight excluding hydrogens is 226 g/mol. The maximum Gasteiger partial charge on any atom is 0.258 e. The van der Waals surface area contributed by atoms with E-state index in [0.717, 1.165) is 4.90 Å². The molecular formula is C10H11N3O2S. The molecule has 0 saturated heterocycles. The van der Waals surface area contributed by atoms with E-state index in [1.54, 1.807) is 12.1 Å². The van der Waals surface area contributed by atoms with Gasteiger partial charge in [0.25, 0.3) is 5.56 Å². The number of fused-ring (bicyclic) bond motifs is 1. The van der Waals surface area contributed by atoms with Crippen LogP contribution in [0.3, 0.4) is 0 Å². The Labute approximate surface area is 95.7 Å². The Morgan fingerprint density at radius 2 is 2.31 bits per heavy atom. The molecule has 16 heavy (non-hydrogen) atoms. The lowest BCUT2D eigenvalue weighted by atomic mass is 10.2. The van der Waals surface area contributed by atoms with Crippen molar-refractivity contribution < 1.29 is 5.11 Å². The number of rotatable bonds is 3. The number of anilines is 1. The maximum absolute atomic E-state index is 11.5. The van der Waals surface area contributed by atoms with Crippen molar-refractivity contribution in [1.29, 1.82) is 0 Å². The van der Waals surface area contributed by atoms with Crippen LogP contribution in [0.5, 0.6) is 0 Å². The first-order valence-electron chi connectivity index (χ1n) is 4.73. The summed E-state index contributed by atoms with van der Waals surface area (Å²) in [4.78, 5) is 18.9. The summed E-state index contributed by atoms with van der Waals surface area (Å²) < 4.78 is 0. The lowest BCUT2D eigenvalue weighted by Gasteiger charge is -2.05. The van der Waals surface area contributed by atoms with Gasteiger partial charge in [-0.2, -0.15) is 0 Å². The predicted octanol–water partition coefficient (Wildman–Crippen LogP) is 0.590. The average Bonchev–Trinajstić information content (AvgIpc) is 2.28. The molecule has 1 aromatic heterocycles. The van der Waals surface area contributed by atoms with Crippen molar-refractivity contribution in [2.75, 3.05) is 18.1 Å². The molecule has 0 amide bonds. The van der Waals surface area contributed by atoms with E-state index >= 15 is 0 Å². The van der Waals surface area contributed by atoms with Gasteiger partial charge in [0.1, 0.15) is 0 Å². The number of aromatic nitrogens is 2. The van der Waals surface area contributed by atoms with Crippen molar-refractivity contribution in [2.24, 2.45) is 0 Å². The molecule has 84 valence electrons. The van der Waals surface area contributed by atoms with E-state index in [9.17, 15) is 4.79 Å². The first kappa shape index (κ1) is 11.0. The van der Waals surface area contributed by atoms with Gasteiger partial charge in [0.15, 0.2) is 0 Å². The van der Waals surface area contributed by atoms with Crippen LogP contribution in [0.2, 0.25) is 0 Å². The van der Waals surface area contributed by atoms with Crippen LogP contribution in [0.1, 0.15) is 0 Å². The minimum absolute atomic E-state index is 0.0882. The summed E-state index contributed by atoms with van der Waals surface area (Å²) in [6.07, 6.45) is 1.36. The summed E-state index contributed by atoms with van der Waals surface area (Å²) >= 11 is 1.44. The topological polar surface area (TPSA) is 92.0 Å². The van der Waals surface area contributed by atoms with E-state index in [-0.39, 0.29) is 12.2 Å². The third-order valence-electron chi connectivity index (χ3n) is 2.12. The second-order valence-electron chi connectivity index (χ2n) is 3.21. The number of hydrogen-bond donors (Lipinski definition) is 3. The van der Waals surface area contributed by atoms with Crippen LogP contribution in [0.25, 0.3) is 10.9 Å². The summed E-state index contributed by atoms with van der Waals surface area (Å²) in [5.74, 6) is 0.568. The number of benzene rings is 1. The van der Waals surface area contributed by atoms with E-state index < -0.39 is 0 Å². The van der Waals surface area contributed by atoms with Crippen LogP contribution in [-0.4, -0.2) is 27.4 Å². The number of nitrogen functional groups attached to an aromatic ring is 1. The molecule has 2 aromatic rings. The van der Waals surface area contributed by atoms with E-state index in [4.69, 9.17) is 10.8 Å². The fraction of sp³-hybridized carbons (Fsp3) is 0.200. The third kappa shape index (κ3) is 2.02. The van der Waals surface area contributed by atoms with E-state index in [1.165, 1.54) is 18.1 Å². The highest BCUT2D eigenvalue weighted by atomic mass is 32.2. The lowest BCUT2D eigenvalue weighted by Crippen LogP contribution is -2.07. The largest absolute Gasteiger partial charge is 0.398 e. The lowest BCUT2D eigenvalue weighted by molar-refractivity contribution is 0.322. The molecule has 1 aromatic carbocycles. The van der Waals surface area contributed by atoms with Crippen molar-refractivity contribution in [3.8, 4) is 0 Å². The van der Waals surface area contributed by atoms with Gasteiger partial charge in [-0.3, -0.25) is 4.79 Å². The SMILES string of the molecule is Nc1cc2c(=O)[nH]cnc2cc1SCCO. The fourth-order valence-corrected chi connectivity index (χ4v) is 2.13. The van der Waals surface area contributed by atoms with Crippen molar-refractivity contribution in [3.63, 3.8) is 0 Å². The molecule has 0 fully saturated rings. The van der Waals surface area contributed by atoms with Gasteiger partial charge < -0.3 is 15.8 Å². The second kappa shape index (κ2) is 4.54. The minimum atomic E-state index is -0.199. The van der Waals surface area contributed by atoms with Crippen LogP contribution < -0.4 is 11.3 Å².